The molecule has 0 spiro atoms. The molecule has 0 amide bonds. The first-order chi connectivity index (χ1) is 14.7. The predicted molar refractivity (Wildman–Crippen MR) is 119 cm³/mol. The fourth-order valence-corrected chi connectivity index (χ4v) is 3.73. The number of nitrogen functional groups attached to an aromatic ring is 1. The number of rotatable bonds is 8. The molecule has 1 aromatic heterocycles. The highest BCUT2D eigenvalue weighted by Gasteiger charge is 2.28. The van der Waals surface area contributed by atoms with Gasteiger partial charge in [-0.3, -0.25) is 4.99 Å². The van der Waals surface area contributed by atoms with E-state index in [9.17, 15) is 4.79 Å². The Balaban J connectivity index is 1.56. The zero-order valence-corrected chi connectivity index (χ0v) is 17.1. The molecule has 3 heterocycles. The number of unbranched alkanes of at least 4 members (excludes halogenated alkanes) is 1. The van der Waals surface area contributed by atoms with Gasteiger partial charge in [-0.2, -0.15) is 4.98 Å². The molecule has 1 atom stereocenters. The molecular weight excluding hydrogens is 378 g/mol. The zero-order valence-electron chi connectivity index (χ0n) is 17.1. The number of fused-ring (bicyclic) bond motifs is 1. The van der Waals surface area contributed by atoms with Crippen molar-refractivity contribution in [3.05, 3.63) is 52.8 Å². The predicted octanol–water partition coefficient (Wildman–Crippen LogP) is 2.35. The van der Waals surface area contributed by atoms with Crippen molar-refractivity contribution >= 4 is 30.0 Å². The summed E-state index contributed by atoms with van der Waals surface area (Å²) < 4.78 is 0. The second-order valence-electron chi connectivity index (χ2n) is 7.43. The van der Waals surface area contributed by atoms with Gasteiger partial charge in [0.2, 0.25) is 5.95 Å². The number of aliphatic imine (C=N–C) groups is 1. The lowest BCUT2D eigenvalue weighted by Crippen LogP contribution is -2.29. The van der Waals surface area contributed by atoms with Crippen LogP contribution in [0.2, 0.25) is 0 Å². The second kappa shape index (κ2) is 8.94. The Hall–Kier alpha value is -3.42. The Bertz CT molecular complexity index is 968. The number of nitrogens with two attached hydrogens (primary N) is 1. The van der Waals surface area contributed by atoms with E-state index in [1.54, 1.807) is 0 Å². The molecule has 4 N–H and O–H groups in total. The van der Waals surface area contributed by atoms with Crippen molar-refractivity contribution in [1.82, 2.24) is 20.2 Å². The van der Waals surface area contributed by atoms with E-state index in [0.717, 1.165) is 61.3 Å². The first-order valence-electron chi connectivity index (χ1n) is 10.4. The highest BCUT2D eigenvalue weighted by Crippen LogP contribution is 2.34. The smallest absolute Gasteiger partial charge is 0.222 e. The number of benzene rings is 1. The maximum Gasteiger partial charge on any atom is 0.222 e. The third kappa shape index (κ3) is 4.12. The molecule has 30 heavy (non-hydrogen) atoms. The van der Waals surface area contributed by atoms with Gasteiger partial charge in [0.15, 0.2) is 0 Å². The van der Waals surface area contributed by atoms with Crippen molar-refractivity contribution in [2.75, 3.05) is 30.7 Å². The van der Waals surface area contributed by atoms with Crippen LogP contribution >= 0.6 is 0 Å². The largest absolute Gasteiger partial charge is 0.370 e. The van der Waals surface area contributed by atoms with Gasteiger partial charge in [-0.25, -0.2) is 4.98 Å². The Labute approximate surface area is 176 Å². The van der Waals surface area contributed by atoms with E-state index >= 15 is 0 Å². The van der Waals surface area contributed by atoms with Crippen LogP contribution in [0.3, 0.4) is 0 Å². The number of hydrogen-bond acceptors (Lipinski definition) is 8. The number of carbonyl (C=O) groups is 1. The van der Waals surface area contributed by atoms with E-state index < -0.39 is 6.04 Å². The molecule has 1 aromatic carbocycles. The van der Waals surface area contributed by atoms with Crippen LogP contribution in [-0.2, 0) is 11.3 Å². The molecule has 2 aliphatic heterocycles. The van der Waals surface area contributed by atoms with Crippen molar-refractivity contribution in [3.63, 3.8) is 0 Å². The van der Waals surface area contributed by atoms with Gasteiger partial charge in [0.1, 0.15) is 24.0 Å². The van der Waals surface area contributed by atoms with Gasteiger partial charge in [0.25, 0.3) is 0 Å². The van der Waals surface area contributed by atoms with Gasteiger partial charge in [-0.15, -0.1) is 0 Å². The SMILES string of the molecule is CCCCNc1nc(N)nc2c1C(C=O)N(Cc1ccc(C3=NCCN3)cc1)C=C2. The standard InChI is InChI=1S/C22H27N7O/c1-2-3-9-24-21-19-17(27-22(23)28-21)8-12-29(18(19)14-30)13-15-4-6-16(7-5-15)20-25-10-11-26-20/h4-8,12,14,18H,2-3,9-11,13H2,1H3,(H,25,26)(H3,23,24,27,28). The molecule has 8 heteroatoms. The molecule has 2 aromatic rings. The van der Waals surface area contributed by atoms with E-state index in [1.165, 1.54) is 0 Å². The van der Waals surface area contributed by atoms with Gasteiger partial charge in [-0.05, 0) is 18.1 Å². The molecule has 0 radical (unpaired) electrons. The normalized spacial score (nSPS) is 17.3. The number of nitrogens with zero attached hydrogens (tertiary/aromatic N) is 4. The van der Waals surface area contributed by atoms with Crippen LogP contribution in [0, 0.1) is 0 Å². The number of aromatic nitrogens is 2. The lowest BCUT2D eigenvalue weighted by Gasteiger charge is -2.32. The van der Waals surface area contributed by atoms with Crippen LogP contribution in [0.4, 0.5) is 11.8 Å². The molecule has 0 aliphatic carbocycles. The van der Waals surface area contributed by atoms with Crippen LogP contribution in [0.25, 0.3) is 6.08 Å². The number of carbonyl (C=O) groups excluding carboxylic acids is 1. The number of anilines is 2. The van der Waals surface area contributed by atoms with E-state index in [1.807, 2.05) is 17.2 Å². The number of amidine groups is 1. The highest BCUT2D eigenvalue weighted by atomic mass is 16.1. The molecule has 1 unspecified atom stereocenters. The lowest BCUT2D eigenvalue weighted by molar-refractivity contribution is -0.112. The summed E-state index contributed by atoms with van der Waals surface area (Å²) in [6.07, 6.45) is 6.82. The molecule has 0 saturated carbocycles. The molecule has 8 nitrogen and oxygen atoms in total. The summed E-state index contributed by atoms with van der Waals surface area (Å²) in [5.41, 5.74) is 9.54. The number of hydrogen-bond donors (Lipinski definition) is 3. The average molecular weight is 406 g/mol. The minimum absolute atomic E-state index is 0.203. The van der Waals surface area contributed by atoms with Crippen molar-refractivity contribution < 1.29 is 4.79 Å². The Kier molecular flexibility index (Phi) is 5.92. The average Bonchev–Trinajstić information content (AvgIpc) is 3.29. The first kappa shape index (κ1) is 19.9. The molecule has 4 rings (SSSR count). The summed E-state index contributed by atoms with van der Waals surface area (Å²) in [5, 5.41) is 6.61. The molecule has 0 fully saturated rings. The van der Waals surface area contributed by atoms with Gasteiger partial charge >= 0.3 is 0 Å². The summed E-state index contributed by atoms with van der Waals surface area (Å²) in [6.45, 7) is 5.20. The molecule has 0 bridgehead atoms. The first-order valence-corrected chi connectivity index (χ1v) is 10.4. The van der Waals surface area contributed by atoms with Crippen molar-refractivity contribution in [3.8, 4) is 0 Å². The van der Waals surface area contributed by atoms with Gasteiger partial charge < -0.3 is 26.1 Å². The molecule has 2 aliphatic rings. The van der Waals surface area contributed by atoms with Crippen LogP contribution in [0.1, 0.15) is 48.2 Å². The van der Waals surface area contributed by atoms with Crippen LogP contribution in [0.5, 0.6) is 0 Å². The van der Waals surface area contributed by atoms with Gasteiger partial charge in [0, 0.05) is 31.4 Å². The third-order valence-corrected chi connectivity index (χ3v) is 5.29. The summed E-state index contributed by atoms with van der Waals surface area (Å²) in [5.74, 6) is 1.78. The minimum Gasteiger partial charge on any atom is -0.370 e. The van der Waals surface area contributed by atoms with Crippen LogP contribution in [-0.4, -0.2) is 46.6 Å². The summed E-state index contributed by atoms with van der Waals surface area (Å²) in [7, 11) is 0. The zero-order chi connectivity index (χ0) is 20.9. The Morgan fingerprint density at radius 3 is 2.83 bits per heavy atom. The van der Waals surface area contributed by atoms with Crippen LogP contribution in [0.15, 0.2) is 35.5 Å². The minimum atomic E-state index is -0.477. The molecule has 156 valence electrons. The Morgan fingerprint density at radius 1 is 1.30 bits per heavy atom. The fourth-order valence-electron chi connectivity index (χ4n) is 3.73. The molecule has 0 saturated heterocycles. The number of aldehydes is 1. The third-order valence-electron chi connectivity index (χ3n) is 5.29. The number of nitrogens with one attached hydrogen (secondary N) is 2. The fraction of sp³-hybridized carbons (Fsp3) is 0.364. The topological polar surface area (TPSA) is 109 Å². The quantitative estimate of drug-likeness (QED) is 0.457. The van der Waals surface area contributed by atoms with E-state index in [4.69, 9.17) is 5.73 Å². The van der Waals surface area contributed by atoms with Crippen LogP contribution < -0.4 is 16.4 Å². The lowest BCUT2D eigenvalue weighted by atomic mass is 10.0. The maximum atomic E-state index is 12.1. The Morgan fingerprint density at radius 2 is 2.13 bits per heavy atom. The van der Waals surface area contributed by atoms with E-state index in [0.29, 0.717) is 18.1 Å². The summed E-state index contributed by atoms with van der Waals surface area (Å²) >= 11 is 0. The molecular formula is C22H27N7O. The van der Waals surface area contributed by atoms with Crippen molar-refractivity contribution in [1.29, 1.82) is 0 Å². The van der Waals surface area contributed by atoms with E-state index in [2.05, 4.69) is 56.8 Å². The second-order valence-corrected chi connectivity index (χ2v) is 7.43. The summed E-state index contributed by atoms with van der Waals surface area (Å²) in [4.78, 5) is 27.3. The van der Waals surface area contributed by atoms with Gasteiger partial charge in [0.05, 0.1) is 17.8 Å². The van der Waals surface area contributed by atoms with Gasteiger partial charge in [-0.1, -0.05) is 37.6 Å². The van der Waals surface area contributed by atoms with E-state index in [-0.39, 0.29) is 5.95 Å². The monoisotopic (exact) mass is 405 g/mol. The van der Waals surface area contributed by atoms with Crippen molar-refractivity contribution in [2.45, 2.75) is 32.4 Å². The maximum absolute atomic E-state index is 12.1. The van der Waals surface area contributed by atoms with Crippen molar-refractivity contribution in [2.24, 2.45) is 4.99 Å². The highest BCUT2D eigenvalue weighted by molar-refractivity contribution is 5.99. The summed E-state index contributed by atoms with van der Waals surface area (Å²) in [6, 6.07) is 7.79.